The molecule has 0 radical (unpaired) electrons. The van der Waals surface area contributed by atoms with Gasteiger partial charge in [-0.3, -0.25) is 9.59 Å². The van der Waals surface area contributed by atoms with Crippen molar-refractivity contribution in [2.45, 2.75) is 25.8 Å². The SMILES string of the molecule is O=C(O)Cc1ccc(CNCCNC(=O)C2CC2)s1. The van der Waals surface area contributed by atoms with E-state index >= 15 is 0 Å². The Morgan fingerprint density at radius 3 is 2.68 bits per heavy atom. The number of hydrogen-bond acceptors (Lipinski definition) is 4. The summed E-state index contributed by atoms with van der Waals surface area (Å²) in [5.41, 5.74) is 0. The van der Waals surface area contributed by atoms with Crippen molar-refractivity contribution in [3.05, 3.63) is 21.9 Å². The van der Waals surface area contributed by atoms with Gasteiger partial charge in [0, 0.05) is 35.3 Å². The van der Waals surface area contributed by atoms with Gasteiger partial charge < -0.3 is 15.7 Å². The maximum Gasteiger partial charge on any atom is 0.308 e. The second-order valence-electron chi connectivity index (χ2n) is 4.68. The minimum Gasteiger partial charge on any atom is -0.481 e. The van der Waals surface area contributed by atoms with E-state index < -0.39 is 5.97 Å². The predicted octanol–water partition coefficient (Wildman–Crippen LogP) is 0.991. The molecule has 1 aromatic heterocycles. The van der Waals surface area contributed by atoms with E-state index in [9.17, 15) is 9.59 Å². The number of aliphatic carboxylic acids is 1. The summed E-state index contributed by atoms with van der Waals surface area (Å²) in [6.07, 6.45) is 2.14. The Kier molecular flexibility index (Phi) is 4.93. The van der Waals surface area contributed by atoms with Crippen LogP contribution in [0.5, 0.6) is 0 Å². The third-order valence-electron chi connectivity index (χ3n) is 2.89. The fourth-order valence-corrected chi connectivity index (χ4v) is 2.72. The number of amides is 1. The first-order valence-electron chi connectivity index (χ1n) is 6.43. The lowest BCUT2D eigenvalue weighted by Gasteiger charge is -2.05. The van der Waals surface area contributed by atoms with Crippen LogP contribution in [0.2, 0.25) is 0 Å². The van der Waals surface area contributed by atoms with E-state index in [4.69, 9.17) is 5.11 Å². The van der Waals surface area contributed by atoms with E-state index in [1.807, 2.05) is 12.1 Å². The van der Waals surface area contributed by atoms with Crippen LogP contribution in [-0.4, -0.2) is 30.1 Å². The molecule has 1 fully saturated rings. The molecule has 1 aromatic rings. The van der Waals surface area contributed by atoms with Gasteiger partial charge in [0.2, 0.25) is 5.91 Å². The first-order valence-corrected chi connectivity index (χ1v) is 7.24. The van der Waals surface area contributed by atoms with E-state index in [-0.39, 0.29) is 18.2 Å². The zero-order valence-electron chi connectivity index (χ0n) is 10.6. The summed E-state index contributed by atoms with van der Waals surface area (Å²) in [6.45, 7) is 2.08. The molecule has 1 heterocycles. The van der Waals surface area contributed by atoms with Crippen LogP contribution >= 0.6 is 11.3 Å². The van der Waals surface area contributed by atoms with Gasteiger partial charge in [-0.1, -0.05) is 0 Å². The number of thiophene rings is 1. The van der Waals surface area contributed by atoms with E-state index in [1.165, 1.54) is 11.3 Å². The molecule has 0 aliphatic heterocycles. The number of carbonyl (C=O) groups is 2. The van der Waals surface area contributed by atoms with Gasteiger partial charge in [0.05, 0.1) is 6.42 Å². The van der Waals surface area contributed by atoms with Crippen LogP contribution in [-0.2, 0) is 22.6 Å². The summed E-state index contributed by atoms with van der Waals surface area (Å²) in [7, 11) is 0. The molecule has 0 saturated heterocycles. The second kappa shape index (κ2) is 6.68. The van der Waals surface area contributed by atoms with Gasteiger partial charge in [0.15, 0.2) is 0 Å². The Labute approximate surface area is 116 Å². The van der Waals surface area contributed by atoms with Gasteiger partial charge in [0.1, 0.15) is 0 Å². The fraction of sp³-hybridized carbons (Fsp3) is 0.538. The van der Waals surface area contributed by atoms with Gasteiger partial charge in [-0.25, -0.2) is 0 Å². The Morgan fingerprint density at radius 2 is 2.00 bits per heavy atom. The van der Waals surface area contributed by atoms with Gasteiger partial charge in [0.25, 0.3) is 0 Å². The van der Waals surface area contributed by atoms with Crippen molar-refractivity contribution in [2.24, 2.45) is 5.92 Å². The molecule has 1 amide bonds. The lowest BCUT2D eigenvalue weighted by molar-refractivity contribution is -0.136. The normalized spacial score (nSPS) is 14.3. The third kappa shape index (κ3) is 5.00. The topological polar surface area (TPSA) is 78.4 Å². The van der Waals surface area contributed by atoms with E-state index in [0.29, 0.717) is 13.1 Å². The fourth-order valence-electron chi connectivity index (χ4n) is 1.74. The first kappa shape index (κ1) is 14.0. The van der Waals surface area contributed by atoms with Gasteiger partial charge >= 0.3 is 5.97 Å². The summed E-state index contributed by atoms with van der Waals surface area (Å²) < 4.78 is 0. The summed E-state index contributed by atoms with van der Waals surface area (Å²) in [5.74, 6) is -0.373. The molecule has 1 aliphatic carbocycles. The first-order chi connectivity index (χ1) is 9.15. The number of rotatable bonds is 8. The summed E-state index contributed by atoms with van der Waals surface area (Å²) in [4.78, 5) is 23.9. The summed E-state index contributed by atoms with van der Waals surface area (Å²) in [6, 6.07) is 3.80. The monoisotopic (exact) mass is 282 g/mol. The van der Waals surface area contributed by atoms with Crippen molar-refractivity contribution in [2.75, 3.05) is 13.1 Å². The molecule has 0 bridgehead atoms. The lowest BCUT2D eigenvalue weighted by Crippen LogP contribution is -2.32. The Morgan fingerprint density at radius 1 is 1.26 bits per heavy atom. The van der Waals surface area contributed by atoms with Crippen LogP contribution in [0.3, 0.4) is 0 Å². The third-order valence-corrected chi connectivity index (χ3v) is 3.98. The van der Waals surface area contributed by atoms with Crippen molar-refractivity contribution < 1.29 is 14.7 Å². The number of carboxylic acid groups (broad SMARTS) is 1. The van der Waals surface area contributed by atoms with Crippen molar-refractivity contribution in [3.63, 3.8) is 0 Å². The zero-order valence-corrected chi connectivity index (χ0v) is 11.5. The molecule has 104 valence electrons. The Hall–Kier alpha value is -1.40. The van der Waals surface area contributed by atoms with Crippen LogP contribution < -0.4 is 10.6 Å². The van der Waals surface area contributed by atoms with Crippen molar-refractivity contribution in [1.82, 2.24) is 10.6 Å². The standard InChI is InChI=1S/C13H18N2O3S/c16-12(17)7-10-3-4-11(19-10)8-14-5-6-15-13(18)9-1-2-9/h3-4,9,14H,1-2,5-8H2,(H,15,18)(H,16,17). The second-order valence-corrected chi connectivity index (χ2v) is 5.93. The van der Waals surface area contributed by atoms with E-state index in [0.717, 1.165) is 29.1 Å². The minimum atomic E-state index is -0.802. The molecule has 1 aliphatic rings. The smallest absolute Gasteiger partial charge is 0.308 e. The molecular formula is C13H18N2O3S. The van der Waals surface area contributed by atoms with Crippen LogP contribution in [0.25, 0.3) is 0 Å². The number of hydrogen-bond donors (Lipinski definition) is 3. The Bertz CT molecular complexity index is 454. The predicted molar refractivity (Wildman–Crippen MR) is 73.1 cm³/mol. The van der Waals surface area contributed by atoms with Crippen LogP contribution in [0.4, 0.5) is 0 Å². The molecule has 2 rings (SSSR count). The van der Waals surface area contributed by atoms with E-state index in [1.54, 1.807) is 0 Å². The highest BCUT2D eigenvalue weighted by Gasteiger charge is 2.28. The molecule has 0 spiro atoms. The van der Waals surface area contributed by atoms with E-state index in [2.05, 4.69) is 10.6 Å². The average molecular weight is 282 g/mol. The van der Waals surface area contributed by atoms with Gasteiger partial charge in [-0.15, -0.1) is 11.3 Å². The van der Waals surface area contributed by atoms with Crippen LogP contribution in [0.1, 0.15) is 22.6 Å². The van der Waals surface area contributed by atoms with Crippen molar-refractivity contribution >= 4 is 23.2 Å². The highest BCUT2D eigenvalue weighted by molar-refractivity contribution is 7.12. The summed E-state index contributed by atoms with van der Waals surface area (Å²) in [5, 5.41) is 14.8. The molecule has 6 heteroatoms. The zero-order chi connectivity index (χ0) is 13.7. The highest BCUT2D eigenvalue weighted by Crippen LogP contribution is 2.28. The molecule has 3 N–H and O–H groups in total. The average Bonchev–Trinajstić information content (AvgIpc) is 3.11. The van der Waals surface area contributed by atoms with Crippen LogP contribution in [0, 0.1) is 5.92 Å². The lowest BCUT2D eigenvalue weighted by atomic mass is 10.3. The Balaban J connectivity index is 1.58. The number of carboxylic acids is 1. The minimum absolute atomic E-state index is 0.0854. The largest absolute Gasteiger partial charge is 0.481 e. The van der Waals surface area contributed by atoms with Crippen LogP contribution in [0.15, 0.2) is 12.1 Å². The maximum atomic E-state index is 11.4. The molecule has 0 unspecified atom stereocenters. The molecular weight excluding hydrogens is 264 g/mol. The molecule has 0 atom stereocenters. The summed E-state index contributed by atoms with van der Waals surface area (Å²) >= 11 is 1.51. The molecule has 5 nitrogen and oxygen atoms in total. The molecule has 19 heavy (non-hydrogen) atoms. The van der Waals surface area contributed by atoms with Gasteiger partial charge in [-0.2, -0.15) is 0 Å². The number of carbonyl (C=O) groups excluding carboxylic acids is 1. The molecule has 1 saturated carbocycles. The quantitative estimate of drug-likeness (QED) is 0.621. The van der Waals surface area contributed by atoms with Gasteiger partial charge in [-0.05, 0) is 25.0 Å². The molecule has 0 aromatic carbocycles. The maximum absolute atomic E-state index is 11.4. The highest BCUT2D eigenvalue weighted by atomic mass is 32.1. The number of nitrogens with one attached hydrogen (secondary N) is 2. The van der Waals surface area contributed by atoms with Crippen molar-refractivity contribution in [3.8, 4) is 0 Å². The van der Waals surface area contributed by atoms with Crippen molar-refractivity contribution in [1.29, 1.82) is 0 Å².